The highest BCUT2D eigenvalue weighted by atomic mass is 35.5. The minimum absolute atomic E-state index is 0.265. The minimum atomic E-state index is -1.26. The summed E-state index contributed by atoms with van der Waals surface area (Å²) in [5.41, 5.74) is 6.32. The topological polar surface area (TPSA) is 96.9 Å². The second kappa shape index (κ2) is 7.72. The Morgan fingerprint density at radius 2 is 2.05 bits per heavy atom. The van der Waals surface area contributed by atoms with E-state index in [0.717, 1.165) is 0 Å². The van der Waals surface area contributed by atoms with Crippen molar-refractivity contribution in [1.29, 1.82) is 0 Å². The van der Waals surface area contributed by atoms with Gasteiger partial charge in [0.2, 0.25) is 0 Å². The average molecular weight is 344 g/mol. The summed E-state index contributed by atoms with van der Waals surface area (Å²) in [5.74, 6) is -1.26. The third-order valence-corrected chi connectivity index (χ3v) is 3.40. The van der Waals surface area contributed by atoms with E-state index in [9.17, 15) is 9.90 Å². The van der Waals surface area contributed by atoms with Crippen LogP contribution in [-0.2, 0) is 9.53 Å². The van der Waals surface area contributed by atoms with Crippen LogP contribution in [0.5, 0.6) is 0 Å². The van der Waals surface area contributed by atoms with Crippen molar-refractivity contribution in [1.82, 2.24) is 0 Å². The molecule has 0 fully saturated rings. The van der Waals surface area contributed by atoms with E-state index < -0.39 is 5.97 Å². The Bertz CT molecular complexity index is 669. The van der Waals surface area contributed by atoms with E-state index in [2.05, 4.69) is 21.6 Å². The summed E-state index contributed by atoms with van der Waals surface area (Å²) in [6, 6.07) is 4.62. The lowest BCUT2D eigenvalue weighted by atomic mass is 10.1. The van der Waals surface area contributed by atoms with Crippen LogP contribution < -0.4 is 11.1 Å². The van der Waals surface area contributed by atoms with E-state index in [1.165, 1.54) is 7.11 Å². The molecule has 1 rings (SSSR count). The maximum atomic E-state index is 11.3. The highest BCUT2D eigenvalue weighted by Gasteiger charge is 2.14. The van der Waals surface area contributed by atoms with Crippen molar-refractivity contribution in [2.75, 3.05) is 12.4 Å². The van der Waals surface area contributed by atoms with Gasteiger partial charge in [0, 0.05) is 17.0 Å². The maximum absolute atomic E-state index is 11.3. The van der Waals surface area contributed by atoms with Gasteiger partial charge in [-0.05, 0) is 25.1 Å². The highest BCUT2D eigenvalue weighted by Crippen LogP contribution is 2.26. The van der Waals surface area contributed by atoms with Crippen LogP contribution in [0, 0.1) is 0 Å². The van der Waals surface area contributed by atoms with Crippen LogP contribution in [0.1, 0.15) is 6.92 Å². The zero-order chi connectivity index (χ0) is 16.9. The number of carboxylic acids is 1. The quantitative estimate of drug-likeness (QED) is 0.330. The second-order valence-corrected chi connectivity index (χ2v) is 4.98. The van der Waals surface area contributed by atoms with Crippen LogP contribution >= 0.6 is 23.2 Å². The molecule has 0 radical (unpaired) electrons. The molecule has 8 heteroatoms. The number of halogens is 2. The molecule has 0 saturated carbocycles. The molecular formula is C14H15Cl2N3O3. The Labute approximate surface area is 137 Å². The molecule has 0 atom stereocenters. The number of rotatable bonds is 5. The maximum Gasteiger partial charge on any atom is 0.355 e. The highest BCUT2D eigenvalue weighted by molar-refractivity contribution is 6.42. The van der Waals surface area contributed by atoms with Gasteiger partial charge in [-0.3, -0.25) is 0 Å². The molecule has 0 aliphatic carbocycles. The van der Waals surface area contributed by atoms with Crippen molar-refractivity contribution in [3.8, 4) is 0 Å². The Kier molecular flexibility index (Phi) is 6.27. The Hall–Kier alpha value is -2.18. The molecule has 22 heavy (non-hydrogen) atoms. The van der Waals surface area contributed by atoms with Gasteiger partial charge in [-0.15, -0.1) is 0 Å². The lowest BCUT2D eigenvalue weighted by Crippen LogP contribution is -2.16. The number of carbonyl (C=O) groups is 1. The first-order valence-electron chi connectivity index (χ1n) is 6.00. The molecule has 0 aliphatic heterocycles. The number of nitrogens with zero attached hydrogens (tertiary/aromatic N) is 1. The number of benzene rings is 1. The van der Waals surface area contributed by atoms with Gasteiger partial charge < -0.3 is 20.9 Å². The summed E-state index contributed by atoms with van der Waals surface area (Å²) in [6.07, 6.45) is 0. The molecule has 0 spiro atoms. The first kappa shape index (κ1) is 17.9. The molecule has 1 aromatic rings. The van der Waals surface area contributed by atoms with Crippen LogP contribution in [0.3, 0.4) is 0 Å². The fourth-order valence-corrected chi connectivity index (χ4v) is 1.73. The van der Waals surface area contributed by atoms with E-state index in [0.29, 0.717) is 27.0 Å². The number of aliphatic carboxylic acids is 1. The molecule has 0 aliphatic rings. The predicted molar refractivity (Wildman–Crippen MR) is 88.2 cm³/mol. The first-order valence-corrected chi connectivity index (χ1v) is 6.75. The first-order chi connectivity index (χ1) is 10.3. The number of nitrogens with two attached hydrogens (primary N) is 1. The number of carboxylic acid groups (broad SMARTS) is 1. The lowest BCUT2D eigenvalue weighted by molar-refractivity contribution is -0.132. The number of hydrogen-bond acceptors (Lipinski definition) is 4. The van der Waals surface area contributed by atoms with Crippen molar-refractivity contribution in [2.24, 2.45) is 10.7 Å². The number of hydrogen-bond donors (Lipinski definition) is 3. The van der Waals surface area contributed by atoms with Gasteiger partial charge in [0.15, 0.2) is 5.70 Å². The van der Waals surface area contributed by atoms with Crippen molar-refractivity contribution in [3.63, 3.8) is 0 Å². The van der Waals surface area contributed by atoms with Crippen molar-refractivity contribution in [3.05, 3.63) is 51.8 Å². The number of anilines is 1. The second-order valence-electron chi connectivity index (χ2n) is 4.17. The number of methoxy groups -OCH3 is 1. The Morgan fingerprint density at radius 3 is 2.55 bits per heavy atom. The van der Waals surface area contributed by atoms with Gasteiger partial charge in [0.1, 0.15) is 0 Å². The minimum Gasteiger partial charge on any atom is -0.476 e. The van der Waals surface area contributed by atoms with Gasteiger partial charge >= 0.3 is 5.97 Å². The SMILES string of the molecule is C=C(Nc1ccc(Cl)c(Cl)c1)/C(C)=C(\N=C(/N)OC)C(=O)O. The van der Waals surface area contributed by atoms with E-state index in [1.54, 1.807) is 25.1 Å². The summed E-state index contributed by atoms with van der Waals surface area (Å²) < 4.78 is 4.66. The number of aliphatic imine (C=N–C) groups is 1. The van der Waals surface area contributed by atoms with Crippen LogP contribution in [0.25, 0.3) is 0 Å². The van der Waals surface area contributed by atoms with E-state index in [1.807, 2.05) is 0 Å². The normalized spacial score (nSPS) is 12.5. The van der Waals surface area contributed by atoms with Gasteiger partial charge in [-0.2, -0.15) is 4.99 Å². The summed E-state index contributed by atoms with van der Waals surface area (Å²) in [6.45, 7) is 5.32. The average Bonchev–Trinajstić information content (AvgIpc) is 2.47. The number of allylic oxidation sites excluding steroid dienone is 1. The molecule has 0 amide bonds. The number of ether oxygens (including phenoxy) is 1. The Morgan fingerprint density at radius 1 is 1.41 bits per heavy atom. The molecular weight excluding hydrogens is 329 g/mol. The summed E-state index contributed by atoms with van der Waals surface area (Å²) >= 11 is 11.7. The van der Waals surface area contributed by atoms with Gasteiger partial charge in [-0.1, -0.05) is 29.8 Å². The molecule has 0 unspecified atom stereocenters. The fourth-order valence-electron chi connectivity index (χ4n) is 1.43. The zero-order valence-corrected chi connectivity index (χ0v) is 13.5. The van der Waals surface area contributed by atoms with E-state index >= 15 is 0 Å². The number of amidine groups is 1. The van der Waals surface area contributed by atoms with Crippen molar-refractivity contribution < 1.29 is 14.6 Å². The van der Waals surface area contributed by atoms with Crippen LogP contribution in [-0.4, -0.2) is 24.2 Å². The van der Waals surface area contributed by atoms with Crippen LogP contribution in [0.4, 0.5) is 5.69 Å². The van der Waals surface area contributed by atoms with Crippen LogP contribution in [0.15, 0.2) is 46.7 Å². The smallest absolute Gasteiger partial charge is 0.355 e. The molecule has 1 aromatic carbocycles. The third-order valence-electron chi connectivity index (χ3n) is 2.66. The summed E-state index contributed by atoms with van der Waals surface area (Å²) in [7, 11) is 1.29. The van der Waals surface area contributed by atoms with Gasteiger partial charge in [-0.25, -0.2) is 4.79 Å². The fraction of sp³-hybridized carbons (Fsp3) is 0.143. The largest absolute Gasteiger partial charge is 0.476 e. The monoisotopic (exact) mass is 343 g/mol. The molecule has 4 N–H and O–H groups in total. The molecule has 118 valence electrons. The van der Waals surface area contributed by atoms with Gasteiger partial charge in [0.25, 0.3) is 6.02 Å². The number of nitrogens with one attached hydrogen (secondary N) is 1. The zero-order valence-electron chi connectivity index (χ0n) is 12.0. The molecule has 0 bridgehead atoms. The standard InChI is InChI=1S/C14H15Cl2N3O3/c1-7(12(13(20)21)19-14(17)22-3)8(2)18-9-4-5-10(15)11(16)6-9/h4-6,18H,2H2,1,3H3,(H2,17,19)(H,20,21)/b12-7-. The van der Waals surface area contributed by atoms with Crippen molar-refractivity contribution >= 4 is 40.9 Å². The van der Waals surface area contributed by atoms with Crippen molar-refractivity contribution in [2.45, 2.75) is 6.92 Å². The summed E-state index contributed by atoms with van der Waals surface area (Å²) in [5, 5.41) is 12.9. The molecule has 0 heterocycles. The van der Waals surface area contributed by atoms with Crippen LogP contribution in [0.2, 0.25) is 10.0 Å². The van der Waals surface area contributed by atoms with Gasteiger partial charge in [0.05, 0.1) is 17.2 Å². The molecule has 6 nitrogen and oxygen atoms in total. The predicted octanol–water partition coefficient (Wildman–Crippen LogP) is 3.24. The van der Waals surface area contributed by atoms with E-state index in [-0.39, 0.29) is 11.7 Å². The Balaban J connectivity index is 3.09. The molecule has 0 saturated heterocycles. The molecule has 0 aromatic heterocycles. The lowest BCUT2D eigenvalue weighted by Gasteiger charge is -2.12. The third kappa shape index (κ3) is 4.68. The van der Waals surface area contributed by atoms with E-state index in [4.69, 9.17) is 28.9 Å². The summed E-state index contributed by atoms with van der Waals surface area (Å²) in [4.78, 5) is 15.0.